The molecule has 0 aliphatic rings. The average molecular weight is 368 g/mol. The topological polar surface area (TPSA) is 109 Å². The summed E-state index contributed by atoms with van der Waals surface area (Å²) in [5.74, 6) is -1.59. The minimum absolute atomic E-state index is 0.184. The summed E-state index contributed by atoms with van der Waals surface area (Å²) in [7, 11) is 0. The van der Waals surface area contributed by atoms with Gasteiger partial charge in [-0.2, -0.15) is 0 Å². The number of hydrogen-bond donors (Lipinski definition) is 2. The monoisotopic (exact) mass is 368 g/mol. The molecule has 0 radical (unpaired) electrons. The average Bonchev–Trinajstić information content (AvgIpc) is 2.84. The molecule has 1 aromatic carbocycles. The van der Waals surface area contributed by atoms with Crippen LogP contribution in [0.3, 0.4) is 0 Å². The third kappa shape index (κ3) is 5.04. The summed E-state index contributed by atoms with van der Waals surface area (Å²) in [5.41, 5.74) is 0.330. The van der Waals surface area contributed by atoms with Crippen LogP contribution < -0.4 is 4.31 Å². The summed E-state index contributed by atoms with van der Waals surface area (Å²) in [6.07, 6.45) is 1.62. The van der Waals surface area contributed by atoms with E-state index in [1.165, 1.54) is 0 Å². The van der Waals surface area contributed by atoms with Crippen molar-refractivity contribution in [1.82, 2.24) is 4.57 Å². The molecule has 0 spiro atoms. The molecule has 0 fully saturated rings. The van der Waals surface area contributed by atoms with Gasteiger partial charge in [0.2, 0.25) is 0 Å². The molecule has 0 bridgehead atoms. The van der Waals surface area contributed by atoms with E-state index < -0.39 is 28.8 Å². The van der Waals surface area contributed by atoms with Gasteiger partial charge in [0.1, 0.15) is 18.7 Å². The zero-order valence-corrected chi connectivity index (χ0v) is 14.9. The fourth-order valence-corrected chi connectivity index (χ4v) is 2.86. The van der Waals surface area contributed by atoms with Crippen molar-refractivity contribution in [3.8, 4) is 0 Å². The van der Waals surface area contributed by atoms with E-state index in [-0.39, 0.29) is 13.1 Å². The predicted molar refractivity (Wildman–Crippen MR) is 93.5 cm³/mol. The number of ether oxygens (including phenoxy) is 1. The first-order chi connectivity index (χ1) is 11.6. The van der Waals surface area contributed by atoms with Gasteiger partial charge in [0.25, 0.3) is 11.3 Å². The Balaban J connectivity index is 2.28. The molecule has 8 nitrogen and oxygen atoms in total. The van der Waals surface area contributed by atoms with Crippen LogP contribution in [0.5, 0.6) is 0 Å². The first-order valence-electron chi connectivity index (χ1n) is 7.48. The van der Waals surface area contributed by atoms with Crippen LogP contribution in [-0.4, -0.2) is 42.5 Å². The summed E-state index contributed by atoms with van der Waals surface area (Å²) in [6, 6.07) is 6.52. The number of hydrogen-bond acceptors (Lipinski definition) is 4. The highest BCUT2D eigenvalue weighted by atomic mass is 32.2. The molecule has 25 heavy (non-hydrogen) atoms. The number of benzene rings is 1. The van der Waals surface area contributed by atoms with Crippen molar-refractivity contribution in [2.24, 2.45) is 0 Å². The zero-order chi connectivity index (χ0) is 18.8. The van der Waals surface area contributed by atoms with Crippen LogP contribution >= 0.6 is 0 Å². The lowest BCUT2D eigenvalue weighted by molar-refractivity contribution is -0.152. The number of aromatic nitrogens is 1. The lowest BCUT2D eigenvalue weighted by atomic mass is 10.2. The number of nitrogens with zero attached hydrogens (tertiary/aromatic N) is 2. The standard InChI is InChI=1S/C16H20N2O6S/c1-16(2,3)24-15(21)10-18(25(22)23)12-4-5-13-11(8-12)6-7-17(13)9-14(19)20/h4-8H,9-10H2,1-3H3,(H,19,20)(H,22,23). The molecule has 1 heterocycles. The summed E-state index contributed by atoms with van der Waals surface area (Å²) >= 11 is -2.42. The van der Waals surface area contributed by atoms with E-state index in [2.05, 4.69) is 0 Å². The van der Waals surface area contributed by atoms with E-state index >= 15 is 0 Å². The molecule has 0 saturated carbocycles. The summed E-state index contributed by atoms with van der Waals surface area (Å²) < 4.78 is 28.9. The fourth-order valence-electron chi connectivity index (χ4n) is 2.35. The lowest BCUT2D eigenvalue weighted by Gasteiger charge is -2.23. The van der Waals surface area contributed by atoms with E-state index in [0.717, 1.165) is 4.31 Å². The van der Waals surface area contributed by atoms with Gasteiger partial charge in [0.15, 0.2) is 0 Å². The maximum Gasteiger partial charge on any atom is 0.327 e. The minimum atomic E-state index is -2.42. The lowest BCUT2D eigenvalue weighted by Crippen LogP contribution is -2.35. The normalized spacial score (nSPS) is 12.8. The second-order valence-electron chi connectivity index (χ2n) is 6.43. The van der Waals surface area contributed by atoms with Crippen molar-refractivity contribution in [1.29, 1.82) is 0 Å². The Morgan fingerprint density at radius 1 is 1.28 bits per heavy atom. The van der Waals surface area contributed by atoms with Gasteiger partial charge in [-0.05, 0) is 45.0 Å². The fraction of sp³-hybridized carbons (Fsp3) is 0.375. The van der Waals surface area contributed by atoms with Gasteiger partial charge < -0.3 is 14.4 Å². The van der Waals surface area contributed by atoms with Crippen molar-refractivity contribution in [3.63, 3.8) is 0 Å². The molecule has 9 heteroatoms. The molecule has 2 aromatic rings. The molecular formula is C16H20N2O6S. The Bertz CT molecular complexity index is 824. The highest BCUT2D eigenvalue weighted by Crippen LogP contribution is 2.24. The smallest absolute Gasteiger partial charge is 0.327 e. The number of carbonyl (C=O) groups excluding carboxylic acids is 1. The molecule has 136 valence electrons. The van der Waals surface area contributed by atoms with Crippen LogP contribution in [-0.2, 0) is 32.1 Å². The number of carbonyl (C=O) groups is 2. The van der Waals surface area contributed by atoms with Crippen LogP contribution in [0.25, 0.3) is 10.9 Å². The number of rotatable bonds is 6. The number of esters is 1. The molecule has 2 N–H and O–H groups in total. The summed E-state index contributed by atoms with van der Waals surface area (Å²) in [5, 5.41) is 9.59. The molecule has 0 amide bonds. The molecule has 2 rings (SSSR count). The second-order valence-corrected chi connectivity index (χ2v) is 7.34. The van der Waals surface area contributed by atoms with E-state index in [1.54, 1.807) is 55.8 Å². The molecule has 1 atom stereocenters. The van der Waals surface area contributed by atoms with Crippen molar-refractivity contribution < 1.29 is 28.2 Å². The van der Waals surface area contributed by atoms with Crippen molar-refractivity contribution in [2.75, 3.05) is 10.8 Å². The highest BCUT2D eigenvalue weighted by molar-refractivity contribution is 7.80. The largest absolute Gasteiger partial charge is 0.480 e. The van der Waals surface area contributed by atoms with E-state index in [1.807, 2.05) is 0 Å². The molecule has 1 unspecified atom stereocenters. The van der Waals surface area contributed by atoms with Gasteiger partial charge >= 0.3 is 11.9 Å². The van der Waals surface area contributed by atoms with Crippen molar-refractivity contribution in [2.45, 2.75) is 32.9 Å². The first-order valence-corrected chi connectivity index (χ1v) is 8.54. The van der Waals surface area contributed by atoms with E-state index in [9.17, 15) is 18.4 Å². The van der Waals surface area contributed by atoms with Gasteiger partial charge in [-0.3, -0.25) is 18.4 Å². The maximum absolute atomic E-state index is 12.0. The second kappa shape index (κ2) is 7.24. The number of carboxylic acid groups (broad SMARTS) is 1. The van der Waals surface area contributed by atoms with Gasteiger partial charge in [-0.25, -0.2) is 4.21 Å². The Morgan fingerprint density at radius 2 is 1.96 bits per heavy atom. The zero-order valence-electron chi connectivity index (χ0n) is 14.1. The van der Waals surface area contributed by atoms with Crippen LogP contribution in [0.15, 0.2) is 30.5 Å². The summed E-state index contributed by atoms with van der Waals surface area (Å²) in [4.78, 5) is 22.8. The van der Waals surface area contributed by atoms with E-state index in [4.69, 9.17) is 9.84 Å². The van der Waals surface area contributed by atoms with Crippen molar-refractivity contribution >= 4 is 39.8 Å². The maximum atomic E-state index is 12.0. The third-order valence-electron chi connectivity index (χ3n) is 3.23. The van der Waals surface area contributed by atoms with Gasteiger partial charge in [-0.15, -0.1) is 0 Å². The third-order valence-corrected chi connectivity index (χ3v) is 3.95. The van der Waals surface area contributed by atoms with Crippen LogP contribution in [0.4, 0.5) is 5.69 Å². The highest BCUT2D eigenvalue weighted by Gasteiger charge is 2.22. The number of fused-ring (bicyclic) bond motifs is 1. The Hall–Kier alpha value is -2.39. The Labute approximate surface area is 147 Å². The molecular weight excluding hydrogens is 348 g/mol. The van der Waals surface area contributed by atoms with Crippen LogP contribution in [0.1, 0.15) is 20.8 Å². The van der Waals surface area contributed by atoms with E-state index in [0.29, 0.717) is 16.6 Å². The predicted octanol–water partition coefficient (Wildman–Crippen LogP) is 2.01. The molecule has 0 saturated heterocycles. The van der Waals surface area contributed by atoms with Gasteiger partial charge in [0.05, 0.1) is 5.69 Å². The minimum Gasteiger partial charge on any atom is -0.480 e. The molecule has 1 aromatic heterocycles. The Morgan fingerprint density at radius 3 is 2.52 bits per heavy atom. The quantitative estimate of drug-likeness (QED) is 0.596. The SMILES string of the molecule is CC(C)(C)OC(=O)CN(c1ccc2c(ccn2CC(=O)O)c1)S(=O)O. The van der Waals surface area contributed by atoms with Crippen molar-refractivity contribution in [3.05, 3.63) is 30.5 Å². The molecule has 0 aliphatic heterocycles. The van der Waals surface area contributed by atoms with Crippen LogP contribution in [0.2, 0.25) is 0 Å². The number of aliphatic carboxylic acids is 1. The van der Waals surface area contributed by atoms with Crippen LogP contribution in [0, 0.1) is 0 Å². The summed E-state index contributed by atoms with van der Waals surface area (Å²) in [6.45, 7) is 4.56. The number of anilines is 1. The molecule has 0 aliphatic carbocycles. The van der Waals surface area contributed by atoms with Gasteiger partial charge in [-0.1, -0.05) is 0 Å². The first kappa shape index (κ1) is 18.9. The number of carboxylic acids is 1. The van der Waals surface area contributed by atoms with Gasteiger partial charge in [0, 0.05) is 17.1 Å². The Kier molecular flexibility index (Phi) is 5.48.